The second-order valence-corrected chi connectivity index (χ2v) is 6.22. The number of rotatable bonds is 3. The first-order chi connectivity index (χ1) is 11.6. The van der Waals surface area contributed by atoms with Gasteiger partial charge in [-0.15, -0.1) is 0 Å². The van der Waals surface area contributed by atoms with Crippen LogP contribution in [0.15, 0.2) is 48.5 Å². The summed E-state index contributed by atoms with van der Waals surface area (Å²) in [7, 11) is 0. The van der Waals surface area contributed by atoms with Crippen LogP contribution in [0.1, 0.15) is 17.0 Å². The summed E-state index contributed by atoms with van der Waals surface area (Å²) >= 11 is 0. The van der Waals surface area contributed by atoms with Gasteiger partial charge in [-0.2, -0.15) is 0 Å². The van der Waals surface area contributed by atoms with Gasteiger partial charge in [0.1, 0.15) is 6.61 Å². The Morgan fingerprint density at radius 3 is 2.08 bits per heavy atom. The second kappa shape index (κ2) is 5.67. The molecule has 1 aliphatic heterocycles. The molecule has 0 unspecified atom stereocenters. The van der Waals surface area contributed by atoms with Crippen LogP contribution in [-0.4, -0.2) is 36.7 Å². The number of likely N-dealkylation sites (tertiary alicyclic amines) is 1. The Hall–Kier alpha value is -2.82. The van der Waals surface area contributed by atoms with E-state index in [1.54, 1.807) is 0 Å². The van der Waals surface area contributed by atoms with Crippen LogP contribution in [0, 0.1) is 5.92 Å². The minimum absolute atomic E-state index is 0.0135. The maximum atomic E-state index is 12.1. The SMILES string of the molecule is O=C([O-])C1CN(C(=O)OCC2c3ccccc3-c3ccccc32)C1. The molecule has 1 saturated heterocycles. The molecule has 4 rings (SSSR count). The minimum atomic E-state index is -1.11. The predicted octanol–water partition coefficient (Wildman–Crippen LogP) is 1.62. The van der Waals surface area contributed by atoms with Crippen LogP contribution < -0.4 is 5.11 Å². The molecule has 0 aromatic heterocycles. The Labute approximate surface area is 139 Å². The third-order valence-electron chi connectivity index (χ3n) is 4.81. The molecule has 0 atom stereocenters. The number of carbonyl (C=O) groups is 2. The van der Waals surface area contributed by atoms with Crippen molar-refractivity contribution in [1.82, 2.24) is 4.90 Å². The molecule has 5 heteroatoms. The van der Waals surface area contributed by atoms with Crippen molar-refractivity contribution in [3.8, 4) is 11.1 Å². The van der Waals surface area contributed by atoms with E-state index in [1.165, 1.54) is 16.0 Å². The van der Waals surface area contributed by atoms with Crippen LogP contribution >= 0.6 is 0 Å². The molecule has 24 heavy (non-hydrogen) atoms. The maximum Gasteiger partial charge on any atom is 0.409 e. The summed E-state index contributed by atoms with van der Waals surface area (Å²) in [6.07, 6.45) is -0.464. The van der Waals surface area contributed by atoms with Gasteiger partial charge in [0.2, 0.25) is 0 Å². The number of ether oxygens (including phenoxy) is 1. The largest absolute Gasteiger partial charge is 0.550 e. The molecule has 0 saturated carbocycles. The van der Waals surface area contributed by atoms with E-state index in [4.69, 9.17) is 4.74 Å². The number of benzene rings is 2. The van der Waals surface area contributed by atoms with Crippen molar-refractivity contribution < 1.29 is 19.4 Å². The van der Waals surface area contributed by atoms with Crippen molar-refractivity contribution in [3.05, 3.63) is 59.7 Å². The van der Waals surface area contributed by atoms with Crippen molar-refractivity contribution >= 4 is 12.1 Å². The van der Waals surface area contributed by atoms with E-state index in [0.29, 0.717) is 0 Å². The molecule has 5 nitrogen and oxygen atoms in total. The first kappa shape index (κ1) is 14.8. The van der Waals surface area contributed by atoms with Crippen LogP contribution in [-0.2, 0) is 9.53 Å². The van der Waals surface area contributed by atoms with Crippen molar-refractivity contribution in [2.75, 3.05) is 19.7 Å². The summed E-state index contributed by atoms with van der Waals surface area (Å²) in [6, 6.07) is 16.3. The van der Waals surface area contributed by atoms with Crippen LogP contribution in [0.2, 0.25) is 0 Å². The van der Waals surface area contributed by atoms with Crippen molar-refractivity contribution in [1.29, 1.82) is 0 Å². The average Bonchev–Trinajstić information content (AvgIpc) is 2.85. The van der Waals surface area contributed by atoms with Gasteiger partial charge in [0.05, 0.1) is 0 Å². The number of carboxylic acid groups (broad SMARTS) is 1. The highest BCUT2D eigenvalue weighted by Gasteiger charge is 2.34. The highest BCUT2D eigenvalue weighted by atomic mass is 16.6. The van der Waals surface area contributed by atoms with Crippen molar-refractivity contribution in [3.63, 3.8) is 0 Å². The van der Waals surface area contributed by atoms with Gasteiger partial charge in [0, 0.05) is 30.9 Å². The molecule has 0 spiro atoms. The number of fused-ring (bicyclic) bond motifs is 3. The van der Waals surface area contributed by atoms with Gasteiger partial charge in [-0.25, -0.2) is 4.79 Å². The van der Waals surface area contributed by atoms with Crippen LogP contribution in [0.4, 0.5) is 4.79 Å². The molecule has 2 aromatic rings. The van der Waals surface area contributed by atoms with Gasteiger partial charge in [-0.3, -0.25) is 0 Å². The standard InChI is InChI=1S/C19H17NO4/c21-18(22)12-9-20(10-12)19(23)24-11-17-15-7-3-1-5-13(15)14-6-2-4-8-16(14)17/h1-8,12,17H,9-11H2,(H,21,22)/p-1. The van der Waals surface area contributed by atoms with Gasteiger partial charge in [-0.1, -0.05) is 48.5 Å². The Morgan fingerprint density at radius 1 is 1.00 bits per heavy atom. The number of nitrogens with zero attached hydrogens (tertiary/aromatic N) is 1. The van der Waals surface area contributed by atoms with Gasteiger partial charge in [-0.05, 0) is 22.3 Å². The van der Waals surface area contributed by atoms with Gasteiger partial charge < -0.3 is 19.5 Å². The lowest BCUT2D eigenvalue weighted by atomic mass is 9.98. The molecule has 0 N–H and O–H groups in total. The molecule has 0 bridgehead atoms. The normalized spacial score (nSPS) is 16.2. The number of amides is 1. The number of hydrogen-bond donors (Lipinski definition) is 0. The predicted molar refractivity (Wildman–Crippen MR) is 85.1 cm³/mol. The first-order valence-corrected chi connectivity index (χ1v) is 7.96. The zero-order valence-electron chi connectivity index (χ0n) is 13.0. The highest BCUT2D eigenvalue weighted by molar-refractivity contribution is 5.79. The zero-order chi connectivity index (χ0) is 16.7. The summed E-state index contributed by atoms with van der Waals surface area (Å²) in [4.78, 5) is 24.2. The Bertz CT molecular complexity index is 765. The summed E-state index contributed by atoms with van der Waals surface area (Å²) in [5.74, 6) is -1.68. The summed E-state index contributed by atoms with van der Waals surface area (Å²) in [6.45, 7) is 0.581. The molecule has 1 heterocycles. The van der Waals surface area contributed by atoms with E-state index >= 15 is 0 Å². The second-order valence-electron chi connectivity index (χ2n) is 6.22. The van der Waals surface area contributed by atoms with Crippen molar-refractivity contribution in [2.45, 2.75) is 5.92 Å². The monoisotopic (exact) mass is 322 g/mol. The Morgan fingerprint density at radius 2 is 1.54 bits per heavy atom. The van der Waals surface area contributed by atoms with E-state index < -0.39 is 18.0 Å². The maximum absolute atomic E-state index is 12.1. The number of carbonyl (C=O) groups excluding carboxylic acids is 2. The van der Waals surface area contributed by atoms with E-state index in [1.807, 2.05) is 24.3 Å². The lowest BCUT2D eigenvalue weighted by Gasteiger charge is -2.38. The summed E-state index contributed by atoms with van der Waals surface area (Å²) in [5.41, 5.74) is 4.66. The quantitative estimate of drug-likeness (QED) is 0.861. The molecular weight excluding hydrogens is 306 g/mol. The van der Waals surface area contributed by atoms with Gasteiger partial charge >= 0.3 is 6.09 Å². The molecule has 122 valence electrons. The minimum Gasteiger partial charge on any atom is -0.550 e. The van der Waals surface area contributed by atoms with Gasteiger partial charge in [0.15, 0.2) is 0 Å². The molecule has 1 aliphatic carbocycles. The fourth-order valence-corrected chi connectivity index (χ4v) is 3.46. The fraction of sp³-hybridized carbons (Fsp3) is 0.263. The topological polar surface area (TPSA) is 69.7 Å². The average molecular weight is 322 g/mol. The lowest BCUT2D eigenvalue weighted by Crippen LogP contribution is -2.56. The summed E-state index contributed by atoms with van der Waals surface area (Å²) in [5, 5.41) is 10.7. The molecule has 1 amide bonds. The van der Waals surface area contributed by atoms with E-state index in [-0.39, 0.29) is 25.6 Å². The fourth-order valence-electron chi connectivity index (χ4n) is 3.46. The summed E-state index contributed by atoms with van der Waals surface area (Å²) < 4.78 is 5.45. The van der Waals surface area contributed by atoms with E-state index in [0.717, 1.165) is 11.1 Å². The number of hydrogen-bond acceptors (Lipinski definition) is 4. The van der Waals surface area contributed by atoms with Crippen LogP contribution in [0.25, 0.3) is 11.1 Å². The van der Waals surface area contributed by atoms with E-state index in [2.05, 4.69) is 24.3 Å². The molecule has 0 radical (unpaired) electrons. The first-order valence-electron chi connectivity index (χ1n) is 7.96. The van der Waals surface area contributed by atoms with E-state index in [9.17, 15) is 14.7 Å². The third kappa shape index (κ3) is 2.33. The third-order valence-corrected chi connectivity index (χ3v) is 4.81. The van der Waals surface area contributed by atoms with Crippen LogP contribution in [0.5, 0.6) is 0 Å². The molecule has 2 aliphatic rings. The molecular formula is C19H16NO4-. The highest BCUT2D eigenvalue weighted by Crippen LogP contribution is 2.44. The lowest BCUT2D eigenvalue weighted by molar-refractivity contribution is -0.315. The molecule has 1 fully saturated rings. The Balaban J connectivity index is 1.47. The molecule has 2 aromatic carbocycles. The van der Waals surface area contributed by atoms with Gasteiger partial charge in [0.25, 0.3) is 0 Å². The number of carboxylic acids is 1. The smallest absolute Gasteiger partial charge is 0.409 e. The number of aliphatic carboxylic acids is 1. The van der Waals surface area contributed by atoms with Crippen molar-refractivity contribution in [2.24, 2.45) is 5.92 Å². The zero-order valence-corrected chi connectivity index (χ0v) is 13.0. The Kier molecular flexibility index (Phi) is 3.49. The van der Waals surface area contributed by atoms with Crippen LogP contribution in [0.3, 0.4) is 0 Å².